The first kappa shape index (κ1) is 30.7. The average molecular weight is 1170 g/mol. The molecule has 0 saturated heterocycles. The molecule has 1 atom stereocenters. The van der Waals surface area contributed by atoms with Crippen molar-refractivity contribution in [2.45, 2.75) is 11.3 Å². The Labute approximate surface area is 564 Å². The van der Waals surface area contributed by atoms with E-state index in [9.17, 15) is 5.48 Å². The Kier molecular flexibility index (Phi) is 8.31. The maximum Gasteiger partial charge on any atom is 0.0713 e. The van der Waals surface area contributed by atoms with Gasteiger partial charge in [-0.2, -0.15) is 0 Å². The van der Waals surface area contributed by atoms with Crippen LogP contribution in [0.15, 0.2) is 375 Å². The monoisotopic (exact) mass is 1170 g/mol. The summed E-state index contributed by atoms with van der Waals surface area (Å²) < 4.78 is 263. The van der Waals surface area contributed by atoms with E-state index in [1.54, 1.807) is 89.8 Å². The highest BCUT2D eigenvalue weighted by atomic mass is 15.2. The summed E-state index contributed by atoms with van der Waals surface area (Å²) in [4.78, 5) is 3.64. The van der Waals surface area contributed by atoms with E-state index in [1.165, 1.54) is 24.3 Å². The Balaban J connectivity index is 0.819. The molecule has 0 aromatic heterocycles. The molecular weight excluding hydrogens is 1070 g/mol. The smallest absolute Gasteiger partial charge is 0.0713 e. The van der Waals surface area contributed by atoms with Crippen LogP contribution < -0.4 is 14.7 Å². The largest absolute Gasteiger partial charge is 0.311 e. The van der Waals surface area contributed by atoms with Gasteiger partial charge in [0.25, 0.3) is 0 Å². The lowest BCUT2D eigenvalue weighted by Crippen LogP contribution is -2.28. The molecular formula is C86H63N3. The van der Waals surface area contributed by atoms with E-state index >= 15 is 0 Å². The van der Waals surface area contributed by atoms with Crippen LogP contribution in [0.4, 0.5) is 51.2 Å². The standard InChI is InChI=1S/C86H63N3/c1-7-23-67(24-8-1)85(68-41-39-63(40-42-68)64-45-55-77(56-46-64)87(72-25-9-2-10-26-72)73-27-11-3-12-28-73)69-43-51-70(52-44-69)86(83-37-21-19-35-81(83)82-36-20-22-38-84(82)86)71-53-61-80(62-54-71)89(76-33-17-6-18-34-76)79-59-49-66(50-60-79)65-47-57-78(58-48-65)88(74-29-13-4-14-30-74)75-31-15-5-16-32-75/h1-62,85H/i1D,2D,3D,4D,5D,6D,7D,8D,9D,10D,11D,12D,13D,14D,15D,16D,17D,18D,23D,24D,25D,26D,27D,28D,29D,30D,31D,32D,33D,34D. The third-order valence-electron chi connectivity index (χ3n) is 15.8. The molecule has 0 radical (unpaired) electrons. The normalized spacial score (nSPS) is 17.0. The van der Waals surface area contributed by atoms with Crippen LogP contribution in [0.5, 0.6) is 0 Å². The van der Waals surface area contributed by atoms with Crippen molar-refractivity contribution in [2.24, 2.45) is 0 Å². The van der Waals surface area contributed by atoms with Gasteiger partial charge in [-0.25, -0.2) is 0 Å². The first-order valence-electron chi connectivity index (χ1n) is 43.2. The topological polar surface area (TPSA) is 9.72 Å². The fraction of sp³-hybridized carbons (Fsp3) is 0.0233. The van der Waals surface area contributed by atoms with Crippen LogP contribution in [-0.2, 0) is 5.41 Å². The average Bonchev–Trinajstić information content (AvgIpc) is 1.54. The van der Waals surface area contributed by atoms with Crippen LogP contribution in [0.25, 0.3) is 33.4 Å². The van der Waals surface area contributed by atoms with Crippen molar-refractivity contribution in [1.29, 1.82) is 0 Å². The molecule has 14 aromatic rings. The molecule has 1 aliphatic rings. The second-order valence-corrected chi connectivity index (χ2v) is 20.6. The zero-order valence-electron chi connectivity index (χ0n) is 76.9. The number of fused-ring (bicyclic) bond motifs is 3. The molecule has 0 spiro atoms. The lowest BCUT2D eigenvalue weighted by Gasteiger charge is -2.35. The fourth-order valence-electron chi connectivity index (χ4n) is 11.9. The third kappa shape index (κ3) is 10.3. The molecule has 0 aliphatic heterocycles. The predicted molar refractivity (Wildman–Crippen MR) is 372 cm³/mol. The van der Waals surface area contributed by atoms with E-state index in [1.807, 2.05) is 84.9 Å². The molecule has 0 amide bonds. The maximum atomic E-state index is 9.41. The zero-order valence-corrected chi connectivity index (χ0v) is 46.9. The second-order valence-electron chi connectivity index (χ2n) is 20.6. The quantitative estimate of drug-likeness (QED) is 0.0893. The summed E-state index contributed by atoms with van der Waals surface area (Å²) >= 11 is 0. The van der Waals surface area contributed by atoms with Gasteiger partial charge in [-0.3, -0.25) is 0 Å². The summed E-state index contributed by atoms with van der Waals surface area (Å²) in [6.45, 7) is 0. The van der Waals surface area contributed by atoms with Gasteiger partial charge in [0.2, 0.25) is 0 Å². The van der Waals surface area contributed by atoms with E-state index < -0.39 is 215 Å². The molecule has 0 bridgehead atoms. The van der Waals surface area contributed by atoms with Crippen LogP contribution in [0.2, 0.25) is 0 Å². The number of anilines is 9. The summed E-state index contributed by atoms with van der Waals surface area (Å²) in [5.74, 6) is -1.02. The number of rotatable bonds is 16. The summed E-state index contributed by atoms with van der Waals surface area (Å²) in [6.07, 6.45) is 0. The molecule has 3 nitrogen and oxygen atoms in total. The molecule has 14 aromatic carbocycles. The van der Waals surface area contributed by atoms with Crippen LogP contribution in [0, 0.1) is 0 Å². The van der Waals surface area contributed by atoms with E-state index in [4.69, 9.17) is 35.6 Å². The summed E-state index contributed by atoms with van der Waals surface area (Å²) in [6, 6.07) is 37.6. The van der Waals surface area contributed by atoms with E-state index in [0.717, 1.165) is 43.2 Å². The first-order valence-corrected chi connectivity index (χ1v) is 28.2. The molecule has 1 aliphatic carbocycles. The molecule has 89 heavy (non-hydrogen) atoms. The van der Waals surface area contributed by atoms with Crippen molar-refractivity contribution in [1.82, 2.24) is 0 Å². The van der Waals surface area contributed by atoms with Gasteiger partial charge in [-0.15, -0.1) is 0 Å². The Bertz CT molecular complexity index is 5840. The Hall–Kier alpha value is -11.5. The van der Waals surface area contributed by atoms with Crippen molar-refractivity contribution >= 4 is 51.2 Å². The number of hydrogen-bond acceptors (Lipinski definition) is 3. The van der Waals surface area contributed by atoms with Crippen LogP contribution in [0.3, 0.4) is 0 Å². The highest BCUT2D eigenvalue weighted by molar-refractivity contribution is 5.88. The van der Waals surface area contributed by atoms with Crippen molar-refractivity contribution in [3.8, 4) is 33.4 Å². The highest BCUT2D eigenvalue weighted by Gasteiger charge is 2.46. The van der Waals surface area contributed by atoms with Crippen molar-refractivity contribution in [3.63, 3.8) is 0 Å². The van der Waals surface area contributed by atoms with Gasteiger partial charge in [0.05, 0.1) is 46.5 Å². The Morgan fingerprint density at radius 3 is 0.798 bits per heavy atom. The number of nitrogens with zero attached hydrogens (tertiary/aromatic N) is 3. The van der Waals surface area contributed by atoms with E-state index in [-0.39, 0.29) is 22.6 Å². The Morgan fingerprint density at radius 2 is 0.472 bits per heavy atom. The SMILES string of the molecule is [2H]c1c([2H])c([2H])c(C(c2ccc(-c3ccc(N(c4c([2H])c([2H])c([2H])c([2H])c4[2H])c4c([2H])c([2H])c([2H])c([2H])c4[2H])cc3)cc2)c2ccc(C3(c4ccc(N(c5ccc(-c6ccc(N(c7c([2H])c([2H])c([2H])c([2H])c7[2H])c7c([2H])c([2H])c([2H])c([2H])c7[2H])cc6)cc5)c5c([2H])c([2H])c([2H])c([2H])c5[2H])cc4)c4ccccc4-c4ccccc43)cc2)c([2H])c1[2H]. The van der Waals surface area contributed by atoms with Crippen LogP contribution in [0.1, 0.15) is 86.0 Å². The fourth-order valence-corrected chi connectivity index (χ4v) is 11.9. The van der Waals surface area contributed by atoms with Gasteiger partial charge in [0.15, 0.2) is 0 Å². The van der Waals surface area contributed by atoms with Gasteiger partial charge in [0.1, 0.15) is 0 Å². The lowest BCUT2D eigenvalue weighted by atomic mass is 9.67. The predicted octanol–water partition coefficient (Wildman–Crippen LogP) is 23.0. The molecule has 3 heteroatoms. The molecule has 15 rings (SSSR count). The number of hydrogen-bond donors (Lipinski definition) is 0. The molecule has 0 heterocycles. The molecule has 0 saturated carbocycles. The van der Waals surface area contributed by atoms with Gasteiger partial charge in [-0.1, -0.05) is 266 Å². The minimum atomic E-state index is -1.13. The summed E-state index contributed by atoms with van der Waals surface area (Å²) in [5, 5.41) is 0. The Morgan fingerprint density at radius 1 is 0.225 bits per heavy atom. The molecule has 1 unspecified atom stereocenters. The highest BCUT2D eigenvalue weighted by Crippen LogP contribution is 2.57. The van der Waals surface area contributed by atoms with Crippen molar-refractivity contribution in [2.75, 3.05) is 14.7 Å². The van der Waals surface area contributed by atoms with E-state index in [2.05, 4.69) is 0 Å². The molecule has 0 fully saturated rings. The van der Waals surface area contributed by atoms with Gasteiger partial charge in [0, 0.05) is 57.1 Å². The van der Waals surface area contributed by atoms with Crippen molar-refractivity contribution < 1.29 is 41.1 Å². The third-order valence-corrected chi connectivity index (χ3v) is 15.8. The molecule has 0 N–H and O–H groups in total. The van der Waals surface area contributed by atoms with Gasteiger partial charge >= 0.3 is 0 Å². The summed E-state index contributed by atoms with van der Waals surface area (Å²) in [5.41, 5.74) is 6.03. The summed E-state index contributed by atoms with van der Waals surface area (Å²) in [7, 11) is 0. The minimum absolute atomic E-state index is 0.0205. The zero-order chi connectivity index (χ0) is 85.5. The van der Waals surface area contributed by atoms with Crippen LogP contribution in [-0.4, -0.2) is 0 Å². The lowest BCUT2D eigenvalue weighted by molar-refractivity contribution is 0.767. The maximum absolute atomic E-state index is 9.41. The van der Waals surface area contributed by atoms with Gasteiger partial charge in [-0.05, 0) is 181 Å². The second kappa shape index (κ2) is 24.1. The van der Waals surface area contributed by atoms with E-state index in [0.29, 0.717) is 44.8 Å². The first-order chi connectivity index (χ1) is 56.6. The molecule has 422 valence electrons. The minimum Gasteiger partial charge on any atom is -0.311 e. The van der Waals surface area contributed by atoms with Crippen molar-refractivity contribution in [3.05, 3.63) is 414 Å². The van der Waals surface area contributed by atoms with Crippen LogP contribution >= 0.6 is 0 Å². The number of para-hydroxylation sites is 5. The van der Waals surface area contributed by atoms with Gasteiger partial charge < -0.3 is 14.7 Å². The number of benzene rings is 14.